The number of alkyl halides is 1. The Morgan fingerprint density at radius 1 is 1.00 bits per heavy atom. The first kappa shape index (κ1) is 48.7. The maximum absolute atomic E-state index is 14.1. The summed E-state index contributed by atoms with van der Waals surface area (Å²) in [6, 6.07) is 12.8. The van der Waals surface area contributed by atoms with Gasteiger partial charge in [-0.05, 0) is 100.0 Å². The van der Waals surface area contributed by atoms with Gasteiger partial charge in [0.15, 0.2) is 20.9 Å². The van der Waals surface area contributed by atoms with Crippen LogP contribution in [0.5, 0.6) is 11.5 Å². The molecule has 2 aromatic rings. The van der Waals surface area contributed by atoms with E-state index in [1.54, 1.807) is 30.3 Å². The molecule has 0 saturated carbocycles. The Balaban J connectivity index is 1.94. The molecule has 3 unspecified atom stereocenters. The average Bonchev–Trinajstić information content (AvgIpc) is 3.41. The summed E-state index contributed by atoms with van der Waals surface area (Å²) in [6.07, 6.45) is 1.58. The number of aryl methyl sites for hydroxylation is 1. The van der Waals surface area contributed by atoms with Gasteiger partial charge in [0.2, 0.25) is 6.10 Å². The van der Waals surface area contributed by atoms with E-state index in [1.165, 1.54) is 13.2 Å². The molecule has 57 heavy (non-hydrogen) atoms. The van der Waals surface area contributed by atoms with Crippen molar-refractivity contribution in [1.29, 1.82) is 0 Å². The lowest BCUT2D eigenvalue weighted by Gasteiger charge is -2.39. The predicted octanol–water partition coefficient (Wildman–Crippen LogP) is 10.3. The van der Waals surface area contributed by atoms with Crippen molar-refractivity contribution in [2.45, 2.75) is 148 Å². The summed E-state index contributed by atoms with van der Waals surface area (Å²) in [5.74, 6) is -1.62. The minimum absolute atomic E-state index is 0.00390. The van der Waals surface area contributed by atoms with Gasteiger partial charge < -0.3 is 37.6 Å². The number of carbonyl (C=O) groups excluding carboxylic acids is 2. The van der Waals surface area contributed by atoms with Gasteiger partial charge in [-0.15, -0.1) is 0 Å². The van der Waals surface area contributed by atoms with Crippen LogP contribution < -0.4 is 9.47 Å². The molecule has 0 amide bonds. The van der Waals surface area contributed by atoms with Gasteiger partial charge in [0.05, 0.1) is 18.3 Å². The van der Waals surface area contributed by atoms with Crippen LogP contribution in [0.15, 0.2) is 54.6 Å². The van der Waals surface area contributed by atoms with E-state index in [-0.39, 0.29) is 47.5 Å². The van der Waals surface area contributed by atoms with E-state index in [0.29, 0.717) is 30.4 Å². The summed E-state index contributed by atoms with van der Waals surface area (Å²) in [5, 5.41) is 0.0542. The Morgan fingerprint density at radius 2 is 1.67 bits per heavy atom. The molecule has 1 aliphatic rings. The van der Waals surface area contributed by atoms with Gasteiger partial charge in [-0.2, -0.15) is 4.39 Å². The second-order valence-corrected chi connectivity index (χ2v) is 28.9. The third kappa shape index (κ3) is 15.5. The first-order valence-electron chi connectivity index (χ1n) is 19.9. The average molecular weight is 851 g/mol. The summed E-state index contributed by atoms with van der Waals surface area (Å²) >= 11 is 0. The third-order valence-corrected chi connectivity index (χ3v) is 16.8. The van der Waals surface area contributed by atoms with Crippen LogP contribution in [0, 0.1) is 5.92 Å². The smallest absolute Gasteiger partial charge is 0.342 e. The standard InChI is InChI=1S/C43H68FO10PSi2/c1-29(30(2)54-57(12,13)42(3,4)5)22-23-34(51-39(45)31-18-15-14-16-19-31)38-35(52-43(6,7)53-38)21-17-20-32-26-33(50-41(44)55)27-36(49-28-47-8)37(32)40(46)48-24-25-56(9,10)11/h14-16,18-19,22-23,26-27,29-30,34-35,38,41H,17,20-21,24-25,28,55H2,1-13H3/t29-,30+,34?,35+,38-,41?/m1/s1. The molecule has 1 heterocycles. The van der Waals surface area contributed by atoms with Crippen molar-refractivity contribution >= 4 is 37.6 Å². The molecule has 2 aromatic carbocycles. The fourth-order valence-corrected chi connectivity index (χ4v) is 8.43. The maximum Gasteiger partial charge on any atom is 0.342 e. The Bertz CT molecular complexity index is 1620. The van der Waals surface area contributed by atoms with E-state index >= 15 is 0 Å². The van der Waals surface area contributed by atoms with Gasteiger partial charge in [0, 0.05) is 27.4 Å². The molecule has 0 spiro atoms. The van der Waals surface area contributed by atoms with Gasteiger partial charge in [-0.1, -0.05) is 80.9 Å². The molecular weight excluding hydrogens is 783 g/mol. The van der Waals surface area contributed by atoms with Gasteiger partial charge in [-0.25, -0.2) is 9.59 Å². The number of methoxy groups -OCH3 is 1. The molecule has 0 N–H and O–H groups in total. The lowest BCUT2D eigenvalue weighted by atomic mass is 9.96. The summed E-state index contributed by atoms with van der Waals surface area (Å²) in [5.41, 5.74) is 1.22. The Kier molecular flexibility index (Phi) is 18.0. The van der Waals surface area contributed by atoms with Crippen molar-refractivity contribution in [2.24, 2.45) is 5.92 Å². The summed E-state index contributed by atoms with van der Waals surface area (Å²) in [4.78, 5) is 27.2. The van der Waals surface area contributed by atoms with E-state index in [9.17, 15) is 14.0 Å². The van der Waals surface area contributed by atoms with Crippen LogP contribution in [-0.4, -0.2) is 85.1 Å². The van der Waals surface area contributed by atoms with Crippen LogP contribution in [0.3, 0.4) is 0 Å². The minimum atomic E-state index is -2.04. The molecule has 0 aliphatic carbocycles. The monoisotopic (exact) mass is 850 g/mol. The van der Waals surface area contributed by atoms with Gasteiger partial charge in [0.25, 0.3) is 0 Å². The quantitative estimate of drug-likeness (QED) is 0.0396. The molecule has 1 saturated heterocycles. The molecular formula is C43H68FO10PSi2. The first-order chi connectivity index (χ1) is 26.4. The highest BCUT2D eigenvalue weighted by Gasteiger charge is 2.46. The third-order valence-electron chi connectivity index (χ3n) is 10.4. The number of carbonyl (C=O) groups is 2. The van der Waals surface area contributed by atoms with Crippen LogP contribution in [0.1, 0.15) is 87.6 Å². The second kappa shape index (κ2) is 21.0. The lowest BCUT2D eigenvalue weighted by molar-refractivity contribution is -0.153. The molecule has 1 fully saturated rings. The van der Waals surface area contributed by atoms with E-state index in [1.807, 2.05) is 41.3 Å². The zero-order valence-corrected chi connectivity index (χ0v) is 39.6. The maximum atomic E-state index is 14.1. The highest BCUT2D eigenvalue weighted by atomic mass is 31.0. The van der Waals surface area contributed by atoms with Crippen molar-refractivity contribution in [3.8, 4) is 11.5 Å². The second-order valence-electron chi connectivity index (χ2n) is 18.0. The highest BCUT2D eigenvalue weighted by Crippen LogP contribution is 2.39. The number of ether oxygens (including phenoxy) is 7. The molecule has 7 atom stereocenters. The van der Waals surface area contributed by atoms with Gasteiger partial charge >= 0.3 is 11.9 Å². The number of hydrogen-bond acceptors (Lipinski definition) is 10. The molecule has 10 nitrogen and oxygen atoms in total. The number of rotatable bonds is 21. The van der Waals surface area contributed by atoms with E-state index < -0.39 is 58.5 Å². The van der Waals surface area contributed by atoms with Gasteiger partial charge in [0.1, 0.15) is 29.3 Å². The fraction of sp³-hybridized carbons (Fsp3) is 0.628. The number of benzene rings is 2. The Labute approximate surface area is 345 Å². The minimum Gasteiger partial charge on any atom is -0.467 e. The van der Waals surface area contributed by atoms with Crippen molar-refractivity contribution < 1.29 is 51.6 Å². The highest BCUT2D eigenvalue weighted by molar-refractivity contribution is 7.16. The number of esters is 2. The number of halogens is 1. The number of hydrogen-bond donors (Lipinski definition) is 0. The van der Waals surface area contributed by atoms with Crippen LogP contribution in [-0.2, 0) is 34.5 Å². The molecule has 320 valence electrons. The topological polar surface area (TPSA) is 108 Å². The molecule has 0 aromatic heterocycles. The van der Waals surface area contributed by atoms with Crippen LogP contribution in [0.2, 0.25) is 43.8 Å². The Morgan fingerprint density at radius 3 is 2.26 bits per heavy atom. The lowest BCUT2D eigenvalue weighted by Crippen LogP contribution is -2.44. The Hall–Kier alpha value is -2.65. The van der Waals surface area contributed by atoms with Crippen LogP contribution >= 0.6 is 9.24 Å². The summed E-state index contributed by atoms with van der Waals surface area (Å²) < 4.78 is 62.1. The molecule has 1 aliphatic heterocycles. The van der Waals surface area contributed by atoms with Gasteiger partial charge in [-0.3, -0.25) is 0 Å². The molecule has 0 bridgehead atoms. The molecule has 3 rings (SSSR count). The van der Waals surface area contributed by atoms with Crippen molar-refractivity contribution in [3.05, 3.63) is 71.3 Å². The van der Waals surface area contributed by atoms with Crippen molar-refractivity contribution in [1.82, 2.24) is 0 Å². The van der Waals surface area contributed by atoms with E-state index in [0.717, 1.165) is 6.04 Å². The van der Waals surface area contributed by atoms with Crippen molar-refractivity contribution in [2.75, 3.05) is 20.5 Å². The van der Waals surface area contributed by atoms with Crippen LogP contribution in [0.25, 0.3) is 0 Å². The van der Waals surface area contributed by atoms with E-state index in [2.05, 4.69) is 67.4 Å². The molecule has 0 radical (unpaired) electrons. The molecule has 14 heteroatoms. The fourth-order valence-electron chi connectivity index (χ4n) is 6.06. The SMILES string of the molecule is COCOc1cc(OC(F)P)cc(CCC[C@@H]2OC(C)(C)O[C@@H]2C(C=C[C@@H](C)[C@H](C)O[Si](C)(C)C(C)(C)C)OC(=O)c2ccccc2)c1C(=O)OCC[Si](C)(C)C. The summed E-state index contributed by atoms with van der Waals surface area (Å²) in [7, 11) is -0.0952. The largest absolute Gasteiger partial charge is 0.467 e. The van der Waals surface area contributed by atoms with E-state index in [4.69, 9.17) is 37.6 Å². The summed E-state index contributed by atoms with van der Waals surface area (Å²) in [6.45, 7) is 25.7. The van der Waals surface area contributed by atoms with Crippen LogP contribution in [0.4, 0.5) is 4.39 Å². The predicted molar refractivity (Wildman–Crippen MR) is 231 cm³/mol. The zero-order chi connectivity index (χ0) is 42.8. The first-order valence-corrected chi connectivity index (χ1v) is 27.2. The van der Waals surface area contributed by atoms with Crippen molar-refractivity contribution in [3.63, 3.8) is 0 Å². The zero-order valence-electron chi connectivity index (χ0n) is 36.4. The normalized spacial score (nSPS) is 19.5.